The highest BCUT2D eigenvalue weighted by Crippen LogP contribution is 2.27. The molecule has 2 rings (SSSR count). The van der Waals surface area contributed by atoms with Crippen LogP contribution in [-0.4, -0.2) is 19.1 Å². The summed E-state index contributed by atoms with van der Waals surface area (Å²) in [7, 11) is 0. The van der Waals surface area contributed by atoms with Crippen LogP contribution in [0.3, 0.4) is 0 Å². The number of anilines is 1. The summed E-state index contributed by atoms with van der Waals surface area (Å²) in [4.78, 5) is 0. The molecule has 1 aliphatic rings. The van der Waals surface area contributed by atoms with E-state index in [0.717, 1.165) is 13.1 Å². The minimum atomic E-state index is 0.582. The summed E-state index contributed by atoms with van der Waals surface area (Å²) in [5.74, 6) is 0. The van der Waals surface area contributed by atoms with Gasteiger partial charge in [-0.3, -0.25) is 0 Å². The molecule has 1 aromatic carbocycles. The normalized spacial score (nSPS) is 19.5. The van der Waals surface area contributed by atoms with Crippen LogP contribution in [0.15, 0.2) is 22.7 Å². The molecular weight excluding hydrogens is 252 g/mol. The van der Waals surface area contributed by atoms with Crippen LogP contribution in [0, 0.1) is 0 Å². The molecule has 0 radical (unpaired) electrons. The number of hydrogen-bond acceptors (Lipinski definition) is 2. The smallest absolute Gasteiger partial charge is 0.0389 e. The van der Waals surface area contributed by atoms with Gasteiger partial charge in [-0.15, -0.1) is 0 Å². The number of hydrogen-bond donors (Lipinski definition) is 2. The van der Waals surface area contributed by atoms with E-state index >= 15 is 0 Å². The Kier molecular flexibility index (Phi) is 3.65. The van der Waals surface area contributed by atoms with Crippen LogP contribution in [0.5, 0.6) is 0 Å². The number of benzene rings is 1. The van der Waals surface area contributed by atoms with E-state index in [0.29, 0.717) is 6.04 Å². The lowest BCUT2D eigenvalue weighted by atomic mass is 9.98. The Morgan fingerprint density at radius 1 is 1.53 bits per heavy atom. The number of aryl methyl sites for hydroxylation is 1. The van der Waals surface area contributed by atoms with Gasteiger partial charge in [0, 0.05) is 22.7 Å². The number of fused-ring (bicyclic) bond motifs is 1. The molecule has 0 spiro atoms. The molecule has 2 N–H and O–H groups in total. The monoisotopic (exact) mass is 268 g/mol. The van der Waals surface area contributed by atoms with Gasteiger partial charge in [-0.25, -0.2) is 0 Å². The average molecular weight is 269 g/mol. The molecule has 15 heavy (non-hydrogen) atoms. The zero-order valence-electron chi connectivity index (χ0n) is 9.02. The lowest BCUT2D eigenvalue weighted by molar-refractivity contribution is 0.571. The van der Waals surface area contributed by atoms with Gasteiger partial charge in [-0.2, -0.15) is 0 Å². The van der Waals surface area contributed by atoms with Crippen molar-refractivity contribution in [3.8, 4) is 0 Å². The highest BCUT2D eigenvalue weighted by Gasteiger charge is 2.16. The molecule has 0 amide bonds. The van der Waals surface area contributed by atoms with Gasteiger partial charge in [0.2, 0.25) is 0 Å². The van der Waals surface area contributed by atoms with Crippen molar-refractivity contribution in [1.29, 1.82) is 0 Å². The van der Waals surface area contributed by atoms with Crippen molar-refractivity contribution in [3.63, 3.8) is 0 Å². The van der Waals surface area contributed by atoms with Crippen molar-refractivity contribution in [3.05, 3.63) is 28.2 Å². The summed E-state index contributed by atoms with van der Waals surface area (Å²) < 4.78 is 1.17. The second kappa shape index (κ2) is 4.99. The van der Waals surface area contributed by atoms with Crippen LogP contribution in [0.25, 0.3) is 0 Å². The van der Waals surface area contributed by atoms with E-state index in [-0.39, 0.29) is 0 Å². The third-order valence-corrected chi connectivity index (χ3v) is 3.32. The highest BCUT2D eigenvalue weighted by atomic mass is 79.9. The van der Waals surface area contributed by atoms with E-state index in [1.807, 2.05) is 0 Å². The van der Waals surface area contributed by atoms with Crippen LogP contribution in [0.1, 0.15) is 18.9 Å². The molecule has 1 unspecified atom stereocenters. The van der Waals surface area contributed by atoms with Crippen molar-refractivity contribution in [1.82, 2.24) is 5.32 Å². The SMILES string of the molecule is CCNCC1CCc2cc(Br)ccc2N1. The quantitative estimate of drug-likeness (QED) is 0.881. The second-order valence-corrected chi connectivity index (χ2v) is 4.90. The Morgan fingerprint density at radius 2 is 2.40 bits per heavy atom. The van der Waals surface area contributed by atoms with E-state index < -0.39 is 0 Å². The van der Waals surface area contributed by atoms with Crippen LogP contribution >= 0.6 is 15.9 Å². The molecule has 0 aromatic heterocycles. The first-order chi connectivity index (χ1) is 7.29. The second-order valence-electron chi connectivity index (χ2n) is 3.99. The predicted molar refractivity (Wildman–Crippen MR) is 68.4 cm³/mol. The van der Waals surface area contributed by atoms with Gasteiger partial charge in [0.15, 0.2) is 0 Å². The third-order valence-electron chi connectivity index (χ3n) is 2.83. The first-order valence-electron chi connectivity index (χ1n) is 5.55. The van der Waals surface area contributed by atoms with Crippen molar-refractivity contribution in [2.75, 3.05) is 18.4 Å². The van der Waals surface area contributed by atoms with E-state index in [2.05, 4.69) is 51.7 Å². The van der Waals surface area contributed by atoms with Gasteiger partial charge in [0.25, 0.3) is 0 Å². The van der Waals surface area contributed by atoms with E-state index in [1.54, 1.807) is 0 Å². The highest BCUT2D eigenvalue weighted by molar-refractivity contribution is 9.10. The van der Waals surface area contributed by atoms with Gasteiger partial charge in [-0.05, 0) is 43.1 Å². The summed E-state index contributed by atoms with van der Waals surface area (Å²) in [6, 6.07) is 7.06. The zero-order chi connectivity index (χ0) is 10.7. The fraction of sp³-hybridized carbons (Fsp3) is 0.500. The molecular formula is C12H17BrN2. The summed E-state index contributed by atoms with van der Waals surface area (Å²) in [6.07, 6.45) is 2.40. The maximum absolute atomic E-state index is 3.58. The Hall–Kier alpha value is -0.540. The lowest BCUT2D eigenvalue weighted by Crippen LogP contribution is -2.35. The maximum atomic E-state index is 3.58. The van der Waals surface area contributed by atoms with Crippen molar-refractivity contribution < 1.29 is 0 Å². The lowest BCUT2D eigenvalue weighted by Gasteiger charge is -2.27. The van der Waals surface area contributed by atoms with Crippen LogP contribution in [0.4, 0.5) is 5.69 Å². The molecule has 0 saturated carbocycles. The fourth-order valence-electron chi connectivity index (χ4n) is 2.00. The van der Waals surface area contributed by atoms with Gasteiger partial charge in [-0.1, -0.05) is 22.9 Å². The minimum absolute atomic E-state index is 0.582. The van der Waals surface area contributed by atoms with E-state index in [9.17, 15) is 0 Å². The van der Waals surface area contributed by atoms with Gasteiger partial charge in [0.05, 0.1) is 0 Å². The molecule has 1 aromatic rings. The first kappa shape index (κ1) is 11.0. The number of likely N-dealkylation sites (N-methyl/N-ethyl adjacent to an activating group) is 1. The standard InChI is InChI=1S/C12H17BrN2/c1-2-14-8-11-5-3-9-7-10(13)4-6-12(9)15-11/h4,6-7,11,14-15H,2-3,5,8H2,1H3. The first-order valence-corrected chi connectivity index (χ1v) is 6.34. The third kappa shape index (κ3) is 2.73. The van der Waals surface area contributed by atoms with Crippen LogP contribution in [0.2, 0.25) is 0 Å². The fourth-order valence-corrected chi connectivity index (χ4v) is 2.41. The summed E-state index contributed by atoms with van der Waals surface area (Å²) >= 11 is 3.51. The molecule has 0 bridgehead atoms. The molecule has 1 aliphatic heterocycles. The van der Waals surface area contributed by atoms with Crippen molar-refractivity contribution >= 4 is 21.6 Å². The summed E-state index contributed by atoms with van der Waals surface area (Å²) in [5, 5.41) is 6.96. The Morgan fingerprint density at radius 3 is 3.20 bits per heavy atom. The Labute approximate surface area is 99.6 Å². The Balaban J connectivity index is 2.03. The molecule has 0 fully saturated rings. The molecule has 1 heterocycles. The number of halogens is 1. The average Bonchev–Trinajstić information content (AvgIpc) is 2.26. The minimum Gasteiger partial charge on any atom is -0.381 e. The number of rotatable bonds is 3. The predicted octanol–water partition coefficient (Wildman–Crippen LogP) is 2.79. The molecule has 82 valence electrons. The van der Waals surface area contributed by atoms with Gasteiger partial charge < -0.3 is 10.6 Å². The van der Waals surface area contributed by atoms with Crippen molar-refractivity contribution in [2.24, 2.45) is 0 Å². The van der Waals surface area contributed by atoms with Gasteiger partial charge in [0.1, 0.15) is 0 Å². The summed E-state index contributed by atoms with van der Waals surface area (Å²) in [6.45, 7) is 4.26. The van der Waals surface area contributed by atoms with Crippen LogP contribution < -0.4 is 10.6 Å². The number of nitrogens with one attached hydrogen (secondary N) is 2. The zero-order valence-corrected chi connectivity index (χ0v) is 10.6. The largest absolute Gasteiger partial charge is 0.381 e. The Bertz CT molecular complexity index is 338. The topological polar surface area (TPSA) is 24.1 Å². The molecule has 0 saturated heterocycles. The van der Waals surface area contributed by atoms with E-state index in [4.69, 9.17) is 0 Å². The maximum Gasteiger partial charge on any atom is 0.0389 e. The molecule has 2 nitrogen and oxygen atoms in total. The van der Waals surface area contributed by atoms with Gasteiger partial charge >= 0.3 is 0 Å². The summed E-state index contributed by atoms with van der Waals surface area (Å²) in [5.41, 5.74) is 2.73. The van der Waals surface area contributed by atoms with Crippen molar-refractivity contribution in [2.45, 2.75) is 25.8 Å². The van der Waals surface area contributed by atoms with E-state index in [1.165, 1.54) is 28.6 Å². The molecule has 1 atom stereocenters. The van der Waals surface area contributed by atoms with Crippen LogP contribution in [-0.2, 0) is 6.42 Å². The molecule has 3 heteroatoms. The molecule has 0 aliphatic carbocycles.